The molecule has 3 nitrogen and oxygen atoms in total. The number of hydrogen-bond acceptors (Lipinski definition) is 3. The van der Waals surface area contributed by atoms with E-state index in [1.54, 1.807) is 23.5 Å². The summed E-state index contributed by atoms with van der Waals surface area (Å²) >= 11 is 1.68. The van der Waals surface area contributed by atoms with E-state index < -0.39 is 0 Å². The molecule has 2 heterocycles. The zero-order valence-corrected chi connectivity index (χ0v) is 12.5. The third kappa shape index (κ3) is 3.20. The van der Waals surface area contributed by atoms with Crippen LogP contribution in [-0.4, -0.2) is 10.2 Å². The highest BCUT2D eigenvalue weighted by molar-refractivity contribution is 7.13. The van der Waals surface area contributed by atoms with Crippen molar-refractivity contribution in [1.29, 1.82) is 0 Å². The van der Waals surface area contributed by atoms with E-state index in [1.807, 2.05) is 30.6 Å². The van der Waals surface area contributed by atoms with Gasteiger partial charge < -0.3 is 5.32 Å². The average molecular weight is 301 g/mol. The van der Waals surface area contributed by atoms with Crippen LogP contribution in [0.5, 0.6) is 0 Å². The Hall–Kier alpha value is -1.98. The standard InChI is InChI=1S/C16H16FN3S/c1-11(12-4-2-5-14(17)8-12)18-9-13-10-19-20-16(13)15-6-3-7-21-15/h2-8,10-11,18H,9H2,1H3,(H,19,20)/t11-/m0/s1. The van der Waals surface area contributed by atoms with Crippen LogP contribution >= 0.6 is 11.3 Å². The largest absolute Gasteiger partial charge is 0.306 e. The maximum absolute atomic E-state index is 13.2. The molecule has 108 valence electrons. The summed E-state index contributed by atoms with van der Waals surface area (Å²) in [5, 5.41) is 12.6. The van der Waals surface area contributed by atoms with E-state index in [1.165, 1.54) is 10.9 Å². The van der Waals surface area contributed by atoms with Gasteiger partial charge in [-0.1, -0.05) is 18.2 Å². The summed E-state index contributed by atoms with van der Waals surface area (Å²) in [4.78, 5) is 1.17. The first-order valence-corrected chi connectivity index (χ1v) is 7.67. The summed E-state index contributed by atoms with van der Waals surface area (Å²) in [5.41, 5.74) is 3.10. The predicted molar refractivity (Wildman–Crippen MR) is 83.6 cm³/mol. The minimum Gasteiger partial charge on any atom is -0.306 e. The highest BCUT2D eigenvalue weighted by Gasteiger charge is 2.11. The number of rotatable bonds is 5. The van der Waals surface area contributed by atoms with E-state index in [2.05, 4.69) is 21.6 Å². The first-order valence-electron chi connectivity index (χ1n) is 6.79. The number of thiophene rings is 1. The number of H-pyrrole nitrogens is 1. The van der Waals surface area contributed by atoms with Crippen LogP contribution in [0.25, 0.3) is 10.6 Å². The van der Waals surface area contributed by atoms with Crippen molar-refractivity contribution in [1.82, 2.24) is 15.5 Å². The zero-order valence-electron chi connectivity index (χ0n) is 11.6. The van der Waals surface area contributed by atoms with Crippen molar-refractivity contribution in [3.05, 3.63) is 64.9 Å². The molecule has 1 aromatic carbocycles. The Balaban J connectivity index is 1.70. The quantitative estimate of drug-likeness (QED) is 0.744. The SMILES string of the molecule is C[C@H](NCc1cn[nH]c1-c1cccs1)c1cccc(F)c1. The predicted octanol–water partition coefficient (Wildman–Crippen LogP) is 4.13. The van der Waals surface area contributed by atoms with E-state index in [0.717, 1.165) is 16.8 Å². The van der Waals surface area contributed by atoms with Crippen LogP contribution in [0.2, 0.25) is 0 Å². The number of benzene rings is 1. The summed E-state index contributed by atoms with van der Waals surface area (Å²) in [5.74, 6) is -0.205. The van der Waals surface area contributed by atoms with Gasteiger partial charge in [0.2, 0.25) is 0 Å². The molecule has 0 fully saturated rings. The molecular weight excluding hydrogens is 285 g/mol. The smallest absolute Gasteiger partial charge is 0.123 e. The van der Waals surface area contributed by atoms with Crippen molar-refractivity contribution in [2.24, 2.45) is 0 Å². The van der Waals surface area contributed by atoms with E-state index in [4.69, 9.17) is 0 Å². The van der Waals surface area contributed by atoms with Gasteiger partial charge in [0.05, 0.1) is 16.8 Å². The van der Waals surface area contributed by atoms with Gasteiger partial charge in [0.25, 0.3) is 0 Å². The number of nitrogens with one attached hydrogen (secondary N) is 2. The summed E-state index contributed by atoms with van der Waals surface area (Å²) in [6.07, 6.45) is 1.83. The highest BCUT2D eigenvalue weighted by atomic mass is 32.1. The molecule has 3 aromatic rings. The molecule has 1 atom stereocenters. The molecule has 0 bridgehead atoms. The van der Waals surface area contributed by atoms with E-state index in [-0.39, 0.29) is 11.9 Å². The summed E-state index contributed by atoms with van der Waals surface area (Å²) < 4.78 is 13.2. The van der Waals surface area contributed by atoms with Gasteiger partial charge in [-0.05, 0) is 36.1 Å². The molecule has 0 radical (unpaired) electrons. The Morgan fingerprint density at radius 1 is 1.33 bits per heavy atom. The minimum absolute atomic E-state index is 0.0757. The Bertz CT molecular complexity index is 706. The molecule has 0 spiro atoms. The lowest BCUT2D eigenvalue weighted by Gasteiger charge is -2.14. The molecule has 2 aromatic heterocycles. The van der Waals surface area contributed by atoms with Crippen LogP contribution in [0.1, 0.15) is 24.1 Å². The molecular formula is C16H16FN3S. The fourth-order valence-electron chi connectivity index (χ4n) is 2.24. The van der Waals surface area contributed by atoms with Gasteiger partial charge in [0.1, 0.15) is 5.82 Å². The number of halogens is 1. The number of nitrogens with zero attached hydrogens (tertiary/aromatic N) is 1. The Morgan fingerprint density at radius 2 is 2.24 bits per heavy atom. The van der Waals surface area contributed by atoms with Crippen molar-refractivity contribution in [3.8, 4) is 10.6 Å². The van der Waals surface area contributed by atoms with E-state index in [9.17, 15) is 4.39 Å². The summed E-state index contributed by atoms with van der Waals surface area (Å²) in [6, 6.07) is 10.8. The van der Waals surface area contributed by atoms with Crippen molar-refractivity contribution >= 4 is 11.3 Å². The van der Waals surface area contributed by atoms with Crippen molar-refractivity contribution in [3.63, 3.8) is 0 Å². The second kappa shape index (κ2) is 6.20. The topological polar surface area (TPSA) is 40.7 Å². The molecule has 2 N–H and O–H groups in total. The van der Waals surface area contributed by atoms with Crippen molar-refractivity contribution in [2.45, 2.75) is 19.5 Å². The normalized spacial score (nSPS) is 12.5. The highest BCUT2D eigenvalue weighted by Crippen LogP contribution is 2.26. The van der Waals surface area contributed by atoms with Crippen LogP contribution in [0.15, 0.2) is 48.0 Å². The molecule has 0 saturated carbocycles. The van der Waals surface area contributed by atoms with Crippen LogP contribution < -0.4 is 5.32 Å². The molecule has 0 saturated heterocycles. The molecule has 0 aliphatic rings. The van der Waals surface area contributed by atoms with Crippen LogP contribution in [0.3, 0.4) is 0 Å². The number of hydrogen-bond donors (Lipinski definition) is 2. The fraction of sp³-hybridized carbons (Fsp3) is 0.188. The average Bonchev–Trinajstić information content (AvgIpc) is 3.15. The van der Waals surface area contributed by atoms with Crippen molar-refractivity contribution in [2.75, 3.05) is 0 Å². The molecule has 0 aliphatic carbocycles. The van der Waals surface area contributed by atoms with Gasteiger partial charge in [0.15, 0.2) is 0 Å². The Kier molecular flexibility index (Phi) is 4.13. The molecule has 21 heavy (non-hydrogen) atoms. The van der Waals surface area contributed by atoms with Gasteiger partial charge in [-0.3, -0.25) is 5.10 Å². The molecule has 0 aliphatic heterocycles. The third-order valence-electron chi connectivity index (χ3n) is 3.43. The number of aromatic nitrogens is 2. The first kappa shape index (κ1) is 14.0. The maximum atomic E-state index is 13.2. The van der Waals surface area contributed by atoms with E-state index in [0.29, 0.717) is 6.54 Å². The third-order valence-corrected chi connectivity index (χ3v) is 4.32. The van der Waals surface area contributed by atoms with E-state index >= 15 is 0 Å². The van der Waals surface area contributed by atoms with Crippen LogP contribution in [-0.2, 0) is 6.54 Å². The van der Waals surface area contributed by atoms with Gasteiger partial charge >= 0.3 is 0 Å². The Morgan fingerprint density at radius 3 is 3.00 bits per heavy atom. The summed E-state index contributed by atoms with van der Waals surface area (Å²) in [6.45, 7) is 2.71. The molecule has 3 rings (SSSR count). The first-order chi connectivity index (χ1) is 10.2. The minimum atomic E-state index is -0.205. The second-order valence-electron chi connectivity index (χ2n) is 4.91. The Labute approximate surface area is 126 Å². The summed E-state index contributed by atoms with van der Waals surface area (Å²) in [7, 11) is 0. The second-order valence-corrected chi connectivity index (χ2v) is 5.85. The lowest BCUT2D eigenvalue weighted by molar-refractivity contribution is 0.565. The lowest BCUT2D eigenvalue weighted by Crippen LogP contribution is -2.18. The molecule has 0 amide bonds. The van der Waals surface area contributed by atoms with Crippen LogP contribution in [0, 0.1) is 5.82 Å². The molecule has 5 heteroatoms. The van der Waals surface area contributed by atoms with Gasteiger partial charge in [0, 0.05) is 18.2 Å². The van der Waals surface area contributed by atoms with Crippen molar-refractivity contribution < 1.29 is 4.39 Å². The van der Waals surface area contributed by atoms with Gasteiger partial charge in [-0.2, -0.15) is 5.10 Å². The molecule has 0 unspecified atom stereocenters. The maximum Gasteiger partial charge on any atom is 0.123 e. The number of aromatic amines is 1. The monoisotopic (exact) mass is 301 g/mol. The van der Waals surface area contributed by atoms with Gasteiger partial charge in [-0.25, -0.2) is 4.39 Å². The fourth-order valence-corrected chi connectivity index (χ4v) is 2.99. The lowest BCUT2D eigenvalue weighted by atomic mass is 10.1. The zero-order chi connectivity index (χ0) is 14.7. The van der Waals surface area contributed by atoms with Gasteiger partial charge in [-0.15, -0.1) is 11.3 Å². The van der Waals surface area contributed by atoms with Crippen LogP contribution in [0.4, 0.5) is 4.39 Å².